The van der Waals surface area contributed by atoms with E-state index in [1.54, 1.807) is 0 Å². The first-order chi connectivity index (χ1) is 19.8. The number of ether oxygens (including phenoxy) is 2. The Morgan fingerprint density at radius 1 is 0.619 bits per heavy atom. The van der Waals surface area contributed by atoms with Gasteiger partial charge >= 0.3 is 11.9 Å². The van der Waals surface area contributed by atoms with Crippen molar-refractivity contribution in [3.63, 3.8) is 0 Å². The van der Waals surface area contributed by atoms with Crippen molar-refractivity contribution in [3.05, 3.63) is 95.1 Å². The molecule has 0 heterocycles. The minimum atomic E-state index is -1.12. The van der Waals surface area contributed by atoms with Gasteiger partial charge in [0.25, 0.3) is 0 Å². The number of carbonyl (C=O) groups is 2. The van der Waals surface area contributed by atoms with E-state index in [1.807, 2.05) is 36.4 Å². The maximum atomic E-state index is 12.1. The van der Waals surface area contributed by atoms with Crippen molar-refractivity contribution in [1.29, 1.82) is 0 Å². The van der Waals surface area contributed by atoms with Crippen molar-refractivity contribution >= 4 is 28.1 Å². The van der Waals surface area contributed by atoms with E-state index in [4.69, 9.17) is 9.47 Å². The molecule has 0 bridgehead atoms. The molecule has 0 aliphatic heterocycles. The van der Waals surface area contributed by atoms with Crippen LogP contribution in [0.15, 0.2) is 84.0 Å². The molecule has 0 fully saturated rings. The average Bonchev–Trinajstić information content (AvgIpc) is 2.96. The lowest BCUT2D eigenvalue weighted by molar-refractivity contribution is -0.147. The summed E-state index contributed by atoms with van der Waals surface area (Å²) in [5.74, 6) is 0.0994. The second-order valence-electron chi connectivity index (χ2n) is 14.3. The van der Waals surface area contributed by atoms with Gasteiger partial charge in [-0.25, -0.2) is 0 Å². The van der Waals surface area contributed by atoms with E-state index >= 15 is 0 Å². The molecule has 0 radical (unpaired) electrons. The van der Waals surface area contributed by atoms with Gasteiger partial charge in [0, 0.05) is 28.0 Å². The zero-order chi connectivity index (χ0) is 30.9. The normalized spacial score (nSPS) is 22.6. The third-order valence-electron chi connectivity index (χ3n) is 8.14. The van der Waals surface area contributed by atoms with E-state index in [1.165, 1.54) is 48.6 Å². The second-order valence-corrected chi connectivity index (χ2v) is 25.3. The molecule has 2 aliphatic carbocycles. The number of carbonyl (C=O) groups excluding carboxylic acids is 2. The molecule has 228 valence electrons. The third-order valence-corrected chi connectivity index (χ3v) is 11.2. The van der Waals surface area contributed by atoms with Crippen molar-refractivity contribution in [2.45, 2.75) is 88.9 Å². The number of rotatable bonds is 8. The fourth-order valence-electron chi connectivity index (χ4n) is 6.44. The highest BCUT2D eigenvalue weighted by Crippen LogP contribution is 2.40. The molecular weight excluding hydrogens is 553 g/mol. The maximum Gasteiger partial charge on any atom is 0.309 e. The first-order valence-corrected chi connectivity index (χ1v) is 22.9. The van der Waals surface area contributed by atoms with E-state index in [9.17, 15) is 9.59 Å². The van der Waals surface area contributed by atoms with Crippen LogP contribution in [0, 0.1) is 11.8 Å². The molecule has 4 atom stereocenters. The Labute approximate surface area is 256 Å². The predicted octanol–water partition coefficient (Wildman–Crippen LogP) is 9.24. The summed E-state index contributed by atoms with van der Waals surface area (Å²) in [5.41, 5.74) is 5.51. The van der Waals surface area contributed by atoms with Gasteiger partial charge < -0.3 is 9.47 Å². The molecule has 0 saturated heterocycles. The first kappa shape index (κ1) is 33.8. The zero-order valence-corrected chi connectivity index (χ0v) is 29.1. The number of esters is 2. The van der Waals surface area contributed by atoms with Crippen LogP contribution in [0.3, 0.4) is 0 Å². The van der Waals surface area contributed by atoms with E-state index in [0.717, 1.165) is 25.7 Å². The highest BCUT2D eigenvalue weighted by Gasteiger charge is 2.34. The Bertz CT molecular complexity index is 1130. The highest BCUT2D eigenvalue weighted by molar-refractivity contribution is 6.77. The lowest BCUT2D eigenvalue weighted by atomic mass is 9.77. The zero-order valence-electron chi connectivity index (χ0n) is 27.1. The molecule has 2 aliphatic rings. The van der Waals surface area contributed by atoms with Gasteiger partial charge in [0.15, 0.2) is 0 Å². The van der Waals surface area contributed by atoms with E-state index < -0.39 is 16.1 Å². The number of benzene rings is 2. The maximum absolute atomic E-state index is 12.1. The molecule has 6 heteroatoms. The van der Waals surface area contributed by atoms with Crippen LogP contribution in [-0.4, -0.2) is 42.3 Å². The summed E-state index contributed by atoms with van der Waals surface area (Å²) in [6.07, 6.45) is 8.57. The Morgan fingerprint density at radius 2 is 0.952 bits per heavy atom. The standard InChI is InChI=1S/2C18H26O2Si/c2*1-20-18(19)16-11-10-14(13-21(2,3)4)12-17(16)15-8-6-5-7-9-15/h2*5-9,12,16-17H,10-11,13H2,1-4H3/t16-,17+;16-,17-/m10/s1. The molecule has 0 saturated carbocycles. The van der Waals surface area contributed by atoms with Gasteiger partial charge in [-0.3, -0.25) is 9.59 Å². The summed E-state index contributed by atoms with van der Waals surface area (Å²) in [6, 6.07) is 23.2. The predicted molar refractivity (Wildman–Crippen MR) is 180 cm³/mol. The monoisotopic (exact) mass is 604 g/mol. The van der Waals surface area contributed by atoms with Gasteiger partial charge in [-0.1, -0.05) is 123 Å². The summed E-state index contributed by atoms with van der Waals surface area (Å²) >= 11 is 0. The molecule has 2 aromatic carbocycles. The summed E-state index contributed by atoms with van der Waals surface area (Å²) in [7, 11) is 0.749. The third kappa shape index (κ3) is 10.2. The van der Waals surface area contributed by atoms with Crippen molar-refractivity contribution in [1.82, 2.24) is 0 Å². The smallest absolute Gasteiger partial charge is 0.309 e. The van der Waals surface area contributed by atoms with Crippen LogP contribution < -0.4 is 0 Å². The van der Waals surface area contributed by atoms with Gasteiger partial charge in [-0.15, -0.1) is 0 Å². The molecule has 0 spiro atoms. The molecule has 0 amide bonds. The van der Waals surface area contributed by atoms with E-state index in [-0.39, 0.29) is 35.6 Å². The molecule has 0 aromatic heterocycles. The first-order valence-electron chi connectivity index (χ1n) is 15.5. The second kappa shape index (κ2) is 15.1. The molecule has 42 heavy (non-hydrogen) atoms. The van der Waals surface area contributed by atoms with Gasteiger partial charge in [0.2, 0.25) is 0 Å². The minimum Gasteiger partial charge on any atom is -0.469 e. The van der Waals surface area contributed by atoms with Crippen LogP contribution in [0.25, 0.3) is 0 Å². The average molecular weight is 605 g/mol. The number of methoxy groups -OCH3 is 2. The molecular formula is C36H52O4Si2. The Hall–Kier alpha value is -2.71. The van der Waals surface area contributed by atoms with Crippen LogP contribution in [0.4, 0.5) is 0 Å². The Kier molecular flexibility index (Phi) is 12.2. The molecule has 4 nitrogen and oxygen atoms in total. The summed E-state index contributed by atoms with van der Waals surface area (Å²) in [6.45, 7) is 14.4. The fraction of sp³-hybridized carbons (Fsp3) is 0.500. The lowest BCUT2D eigenvalue weighted by Crippen LogP contribution is -2.28. The van der Waals surface area contributed by atoms with Crippen molar-refractivity contribution in [3.8, 4) is 0 Å². The van der Waals surface area contributed by atoms with Gasteiger partial charge in [0.05, 0.1) is 26.1 Å². The van der Waals surface area contributed by atoms with Crippen molar-refractivity contribution in [2.75, 3.05) is 14.2 Å². The topological polar surface area (TPSA) is 52.6 Å². The van der Waals surface area contributed by atoms with Gasteiger partial charge in [0.1, 0.15) is 0 Å². The quantitative estimate of drug-likeness (QED) is 0.171. The number of hydrogen-bond donors (Lipinski definition) is 0. The van der Waals surface area contributed by atoms with Crippen LogP contribution >= 0.6 is 0 Å². The van der Waals surface area contributed by atoms with Crippen molar-refractivity contribution in [2.24, 2.45) is 11.8 Å². The fourth-order valence-corrected chi connectivity index (χ4v) is 9.76. The van der Waals surface area contributed by atoms with E-state index in [0.29, 0.717) is 0 Å². The molecule has 2 aromatic rings. The lowest BCUT2D eigenvalue weighted by Gasteiger charge is -2.31. The summed E-state index contributed by atoms with van der Waals surface area (Å²) < 4.78 is 10.0. The number of hydrogen-bond acceptors (Lipinski definition) is 4. The minimum absolute atomic E-state index is 0.0391. The van der Waals surface area contributed by atoms with Crippen LogP contribution in [0.5, 0.6) is 0 Å². The molecule has 0 unspecified atom stereocenters. The summed E-state index contributed by atoms with van der Waals surface area (Å²) in [4.78, 5) is 24.2. The number of allylic oxidation sites excluding steroid dienone is 4. The molecule has 0 N–H and O–H groups in total. The van der Waals surface area contributed by atoms with Crippen LogP contribution in [-0.2, 0) is 19.1 Å². The van der Waals surface area contributed by atoms with Crippen LogP contribution in [0.2, 0.25) is 51.4 Å². The van der Waals surface area contributed by atoms with Crippen molar-refractivity contribution < 1.29 is 19.1 Å². The van der Waals surface area contributed by atoms with Crippen LogP contribution in [0.1, 0.15) is 48.6 Å². The summed E-state index contributed by atoms with van der Waals surface area (Å²) in [5, 5.41) is 0. The van der Waals surface area contributed by atoms with E-state index in [2.05, 4.69) is 75.7 Å². The SMILES string of the molecule is COC(=O)[C@@H]1CCC(C[Si](C)(C)C)=C[C@H]1c1ccccc1.COC(=O)[C@H]1CCC(C[Si](C)(C)C)=C[C@H]1c1ccccc1. The van der Waals surface area contributed by atoms with Gasteiger partial charge in [-0.2, -0.15) is 0 Å². The Morgan fingerprint density at radius 3 is 1.24 bits per heavy atom. The highest BCUT2D eigenvalue weighted by atomic mass is 28.3. The largest absolute Gasteiger partial charge is 0.469 e. The Balaban J connectivity index is 0.000000230. The molecule has 4 rings (SSSR count). The van der Waals surface area contributed by atoms with Gasteiger partial charge in [-0.05, 0) is 48.9 Å².